The Labute approximate surface area is 109 Å². The van der Waals surface area contributed by atoms with E-state index in [4.69, 9.17) is 5.73 Å². The average molecular weight is 246 g/mol. The van der Waals surface area contributed by atoms with Crippen LogP contribution in [0.4, 0.5) is 0 Å². The molecule has 0 spiro atoms. The van der Waals surface area contributed by atoms with Crippen molar-refractivity contribution in [1.82, 2.24) is 4.90 Å². The van der Waals surface area contributed by atoms with Crippen molar-refractivity contribution < 1.29 is 4.79 Å². The number of rotatable bonds is 2. The van der Waals surface area contributed by atoms with Crippen LogP contribution < -0.4 is 5.73 Å². The summed E-state index contributed by atoms with van der Waals surface area (Å²) in [5.74, 6) is 0.0700. The molecule has 0 aromatic heterocycles. The van der Waals surface area contributed by atoms with E-state index in [0.29, 0.717) is 0 Å². The number of carbonyl (C=O) groups excluding carboxylic acids is 1. The van der Waals surface area contributed by atoms with Gasteiger partial charge in [0.2, 0.25) is 5.91 Å². The smallest absolute Gasteiger partial charge is 0.236 e. The molecule has 3 nitrogen and oxygen atoms in total. The molecule has 1 atom stereocenters. The van der Waals surface area contributed by atoms with E-state index in [1.807, 2.05) is 4.90 Å². The molecule has 1 heterocycles. The molecule has 98 valence electrons. The zero-order valence-electron chi connectivity index (χ0n) is 11.3. The molecule has 2 rings (SSSR count). The summed E-state index contributed by atoms with van der Waals surface area (Å²) in [6.07, 6.45) is 3.33. The first-order valence-electron chi connectivity index (χ1n) is 6.70. The fourth-order valence-electron chi connectivity index (χ4n) is 2.81. The Morgan fingerprint density at radius 2 is 2.17 bits per heavy atom. The zero-order valence-corrected chi connectivity index (χ0v) is 11.3. The molecule has 1 saturated heterocycles. The lowest BCUT2D eigenvalue weighted by atomic mass is 9.90. The fraction of sp³-hybridized carbons (Fsp3) is 0.533. The molecule has 2 N–H and O–H groups in total. The summed E-state index contributed by atoms with van der Waals surface area (Å²) in [6.45, 7) is 5.22. The first kappa shape index (κ1) is 13.1. The van der Waals surface area contributed by atoms with Gasteiger partial charge < -0.3 is 10.6 Å². The number of amides is 1. The minimum absolute atomic E-state index is 0.0700. The molecule has 0 aliphatic carbocycles. The Hall–Kier alpha value is -1.35. The third-order valence-electron chi connectivity index (χ3n) is 4.00. The summed E-state index contributed by atoms with van der Waals surface area (Å²) in [4.78, 5) is 13.9. The normalized spacial score (nSPS) is 19.9. The second-order valence-electron chi connectivity index (χ2n) is 5.09. The van der Waals surface area contributed by atoms with Gasteiger partial charge in [0.25, 0.3) is 0 Å². The SMILES string of the molecule is Cc1cccc([C@@H]2CCCCN2C(=O)CN)c1C. The van der Waals surface area contributed by atoms with E-state index >= 15 is 0 Å². The van der Waals surface area contributed by atoms with Crippen molar-refractivity contribution >= 4 is 5.91 Å². The van der Waals surface area contributed by atoms with Gasteiger partial charge in [-0.1, -0.05) is 18.2 Å². The number of hydrogen-bond acceptors (Lipinski definition) is 2. The minimum atomic E-state index is 0.0700. The highest BCUT2D eigenvalue weighted by Gasteiger charge is 2.28. The molecule has 18 heavy (non-hydrogen) atoms. The molecule has 1 aliphatic rings. The number of aryl methyl sites for hydroxylation is 1. The highest BCUT2D eigenvalue weighted by atomic mass is 16.2. The molecule has 0 saturated carbocycles. The second-order valence-corrected chi connectivity index (χ2v) is 5.09. The first-order chi connectivity index (χ1) is 8.65. The maximum Gasteiger partial charge on any atom is 0.236 e. The molecule has 0 unspecified atom stereocenters. The summed E-state index contributed by atoms with van der Waals surface area (Å²) in [5.41, 5.74) is 9.40. The van der Waals surface area contributed by atoms with Crippen molar-refractivity contribution in [2.24, 2.45) is 5.73 Å². The van der Waals surface area contributed by atoms with Gasteiger partial charge in [-0.3, -0.25) is 4.79 Å². The zero-order chi connectivity index (χ0) is 13.1. The molecule has 0 radical (unpaired) electrons. The van der Waals surface area contributed by atoms with E-state index in [9.17, 15) is 4.79 Å². The molecule has 3 heteroatoms. The second kappa shape index (κ2) is 5.53. The van der Waals surface area contributed by atoms with Gasteiger partial charge in [-0.2, -0.15) is 0 Å². The molecule has 0 bridgehead atoms. The van der Waals surface area contributed by atoms with E-state index in [1.165, 1.54) is 23.1 Å². The molecule has 1 fully saturated rings. The summed E-state index contributed by atoms with van der Waals surface area (Å²) in [5, 5.41) is 0. The molecule has 1 aromatic carbocycles. The highest BCUT2D eigenvalue weighted by molar-refractivity contribution is 5.78. The minimum Gasteiger partial charge on any atom is -0.335 e. The van der Waals surface area contributed by atoms with E-state index in [1.54, 1.807) is 0 Å². The Balaban J connectivity index is 2.34. The van der Waals surface area contributed by atoms with Crippen LogP contribution in [-0.2, 0) is 4.79 Å². The standard InChI is InChI=1S/C15H22N2O/c1-11-6-5-7-13(12(11)2)14-8-3-4-9-17(14)15(18)10-16/h5-7,14H,3-4,8-10,16H2,1-2H3/t14-/m0/s1. The van der Waals surface area contributed by atoms with Crippen LogP contribution in [0.5, 0.6) is 0 Å². The summed E-state index contributed by atoms with van der Waals surface area (Å²) < 4.78 is 0. The topological polar surface area (TPSA) is 46.3 Å². The Bertz CT molecular complexity index is 442. The van der Waals surface area contributed by atoms with Crippen molar-refractivity contribution in [3.63, 3.8) is 0 Å². The summed E-state index contributed by atoms with van der Waals surface area (Å²) >= 11 is 0. The van der Waals surface area contributed by atoms with Crippen molar-refractivity contribution in [2.45, 2.75) is 39.2 Å². The molecule has 1 amide bonds. The van der Waals surface area contributed by atoms with E-state index in [-0.39, 0.29) is 18.5 Å². The summed E-state index contributed by atoms with van der Waals surface area (Å²) in [6, 6.07) is 6.57. The van der Waals surface area contributed by atoms with Crippen LogP contribution in [0.15, 0.2) is 18.2 Å². The molecule has 1 aromatic rings. The van der Waals surface area contributed by atoms with Gasteiger partial charge in [0, 0.05) is 6.54 Å². The molecular weight excluding hydrogens is 224 g/mol. The number of carbonyl (C=O) groups is 1. The predicted octanol–water partition coefficient (Wildman–Crippen LogP) is 2.32. The van der Waals surface area contributed by atoms with Crippen molar-refractivity contribution in [1.29, 1.82) is 0 Å². The van der Waals surface area contributed by atoms with Gasteiger partial charge in [0.05, 0.1) is 12.6 Å². The fourth-order valence-corrected chi connectivity index (χ4v) is 2.81. The lowest BCUT2D eigenvalue weighted by Crippen LogP contribution is -2.42. The maximum absolute atomic E-state index is 11.9. The lowest BCUT2D eigenvalue weighted by Gasteiger charge is -2.37. The maximum atomic E-state index is 11.9. The molecule has 1 aliphatic heterocycles. The number of hydrogen-bond donors (Lipinski definition) is 1. The van der Waals surface area contributed by atoms with Crippen molar-refractivity contribution in [3.05, 3.63) is 34.9 Å². The van der Waals surface area contributed by atoms with Gasteiger partial charge >= 0.3 is 0 Å². The van der Waals surface area contributed by atoms with Crippen LogP contribution >= 0.6 is 0 Å². The Kier molecular flexibility index (Phi) is 4.02. The van der Waals surface area contributed by atoms with Crippen LogP contribution in [0.1, 0.15) is 42.0 Å². The highest BCUT2D eigenvalue weighted by Crippen LogP contribution is 2.33. The number of nitrogens with zero attached hydrogens (tertiary/aromatic N) is 1. The first-order valence-corrected chi connectivity index (χ1v) is 6.70. The van der Waals surface area contributed by atoms with Crippen molar-refractivity contribution in [3.8, 4) is 0 Å². The number of nitrogens with two attached hydrogens (primary N) is 1. The van der Waals surface area contributed by atoms with Crippen LogP contribution in [0.2, 0.25) is 0 Å². The Morgan fingerprint density at radius 1 is 1.39 bits per heavy atom. The largest absolute Gasteiger partial charge is 0.335 e. The quantitative estimate of drug-likeness (QED) is 0.870. The third kappa shape index (κ3) is 2.41. The predicted molar refractivity (Wildman–Crippen MR) is 73.3 cm³/mol. The van der Waals surface area contributed by atoms with Crippen molar-refractivity contribution in [2.75, 3.05) is 13.1 Å². The van der Waals surface area contributed by atoms with Crippen LogP contribution in [0, 0.1) is 13.8 Å². The van der Waals surface area contributed by atoms with E-state index in [0.717, 1.165) is 19.4 Å². The van der Waals surface area contributed by atoms with Crippen LogP contribution in [0.25, 0.3) is 0 Å². The number of likely N-dealkylation sites (tertiary alicyclic amines) is 1. The third-order valence-corrected chi connectivity index (χ3v) is 4.00. The van der Waals surface area contributed by atoms with E-state index in [2.05, 4.69) is 32.0 Å². The van der Waals surface area contributed by atoms with Crippen LogP contribution in [-0.4, -0.2) is 23.9 Å². The van der Waals surface area contributed by atoms with Crippen LogP contribution in [0.3, 0.4) is 0 Å². The van der Waals surface area contributed by atoms with Gasteiger partial charge in [-0.15, -0.1) is 0 Å². The van der Waals surface area contributed by atoms with Gasteiger partial charge in [-0.25, -0.2) is 0 Å². The van der Waals surface area contributed by atoms with Gasteiger partial charge in [0.15, 0.2) is 0 Å². The number of benzene rings is 1. The summed E-state index contributed by atoms with van der Waals surface area (Å²) in [7, 11) is 0. The van der Waals surface area contributed by atoms with Gasteiger partial charge in [0.1, 0.15) is 0 Å². The molecular formula is C15H22N2O. The Morgan fingerprint density at radius 3 is 2.89 bits per heavy atom. The lowest BCUT2D eigenvalue weighted by molar-refractivity contribution is -0.133. The van der Waals surface area contributed by atoms with Gasteiger partial charge in [-0.05, 0) is 49.8 Å². The number of piperidine rings is 1. The average Bonchev–Trinajstić information content (AvgIpc) is 2.41. The monoisotopic (exact) mass is 246 g/mol. The van der Waals surface area contributed by atoms with E-state index < -0.39 is 0 Å².